The van der Waals surface area contributed by atoms with Crippen molar-refractivity contribution in [3.8, 4) is 11.5 Å². The standard InChI is InChI=1S/C19H17BrN2O4/c1-25-16-5-3-4-13(17(16)26-2)10-15-18(23)22(19(24)21-15)11-12-6-8-14(20)9-7-12/h3-10H,11H2,1-2H3,(H,21,24)/b15-10+. The van der Waals surface area contributed by atoms with Gasteiger partial charge in [0.1, 0.15) is 5.70 Å². The second-order valence-corrected chi connectivity index (χ2v) is 6.50. The summed E-state index contributed by atoms with van der Waals surface area (Å²) in [6, 6.07) is 12.3. The Kier molecular flexibility index (Phi) is 5.27. The zero-order valence-corrected chi connectivity index (χ0v) is 15.9. The van der Waals surface area contributed by atoms with Crippen LogP contribution in [0, 0.1) is 0 Å². The van der Waals surface area contributed by atoms with Crippen LogP contribution in [-0.2, 0) is 11.3 Å². The van der Waals surface area contributed by atoms with Crippen molar-refractivity contribution in [3.05, 3.63) is 63.8 Å². The maximum absolute atomic E-state index is 12.6. The number of urea groups is 1. The van der Waals surface area contributed by atoms with Crippen LogP contribution < -0.4 is 14.8 Å². The topological polar surface area (TPSA) is 67.9 Å². The number of nitrogens with zero attached hydrogens (tertiary/aromatic N) is 1. The molecule has 0 aromatic heterocycles. The van der Waals surface area contributed by atoms with Gasteiger partial charge in [-0.25, -0.2) is 4.79 Å². The van der Waals surface area contributed by atoms with E-state index < -0.39 is 6.03 Å². The monoisotopic (exact) mass is 416 g/mol. The molecule has 7 heteroatoms. The molecule has 0 bridgehead atoms. The molecule has 2 aromatic rings. The highest BCUT2D eigenvalue weighted by Crippen LogP contribution is 2.32. The summed E-state index contributed by atoms with van der Waals surface area (Å²) in [7, 11) is 3.06. The van der Waals surface area contributed by atoms with Crippen molar-refractivity contribution in [3.63, 3.8) is 0 Å². The van der Waals surface area contributed by atoms with Gasteiger partial charge in [0.25, 0.3) is 5.91 Å². The molecule has 26 heavy (non-hydrogen) atoms. The number of amides is 3. The maximum atomic E-state index is 12.6. The van der Waals surface area contributed by atoms with Crippen LogP contribution in [0.2, 0.25) is 0 Å². The lowest BCUT2D eigenvalue weighted by atomic mass is 10.1. The molecule has 3 rings (SSSR count). The number of carbonyl (C=O) groups excluding carboxylic acids is 2. The fraction of sp³-hybridized carbons (Fsp3) is 0.158. The van der Waals surface area contributed by atoms with E-state index in [1.54, 1.807) is 24.3 Å². The van der Waals surface area contributed by atoms with Gasteiger partial charge in [0, 0.05) is 10.0 Å². The minimum atomic E-state index is -0.453. The van der Waals surface area contributed by atoms with Crippen LogP contribution in [0.4, 0.5) is 4.79 Å². The number of benzene rings is 2. The molecule has 0 unspecified atom stereocenters. The Bertz CT molecular complexity index is 878. The van der Waals surface area contributed by atoms with E-state index in [0.29, 0.717) is 17.1 Å². The van der Waals surface area contributed by atoms with Crippen molar-refractivity contribution in [2.45, 2.75) is 6.54 Å². The summed E-state index contributed by atoms with van der Waals surface area (Å²) in [5.41, 5.74) is 1.69. The molecule has 1 aliphatic rings. The molecule has 0 radical (unpaired) electrons. The minimum absolute atomic E-state index is 0.193. The number of nitrogens with one attached hydrogen (secondary N) is 1. The second kappa shape index (κ2) is 7.61. The first-order chi connectivity index (χ1) is 12.5. The first-order valence-electron chi connectivity index (χ1n) is 7.83. The van der Waals surface area contributed by atoms with E-state index in [-0.39, 0.29) is 18.1 Å². The van der Waals surface area contributed by atoms with Gasteiger partial charge >= 0.3 is 6.03 Å². The lowest BCUT2D eigenvalue weighted by Gasteiger charge is -2.12. The Morgan fingerprint density at radius 2 is 1.81 bits per heavy atom. The van der Waals surface area contributed by atoms with Gasteiger partial charge in [0.05, 0.1) is 20.8 Å². The number of ether oxygens (including phenoxy) is 2. The zero-order valence-electron chi connectivity index (χ0n) is 14.3. The Hall–Kier alpha value is -2.80. The van der Waals surface area contributed by atoms with Gasteiger partial charge in [-0.1, -0.05) is 40.2 Å². The van der Waals surface area contributed by atoms with Gasteiger partial charge in [-0.2, -0.15) is 0 Å². The van der Waals surface area contributed by atoms with Gasteiger partial charge in [-0.05, 0) is 29.8 Å². The summed E-state index contributed by atoms with van der Waals surface area (Å²) in [4.78, 5) is 26.0. The van der Waals surface area contributed by atoms with Crippen LogP contribution in [0.15, 0.2) is 52.6 Å². The van der Waals surface area contributed by atoms with Gasteiger partial charge in [0.15, 0.2) is 11.5 Å². The quantitative estimate of drug-likeness (QED) is 0.597. The van der Waals surface area contributed by atoms with Crippen molar-refractivity contribution in [2.24, 2.45) is 0 Å². The number of carbonyl (C=O) groups is 2. The van der Waals surface area contributed by atoms with Crippen LogP contribution in [-0.4, -0.2) is 31.1 Å². The lowest BCUT2D eigenvalue weighted by Crippen LogP contribution is -2.30. The van der Waals surface area contributed by atoms with E-state index in [4.69, 9.17) is 9.47 Å². The average molecular weight is 417 g/mol. The van der Waals surface area contributed by atoms with Gasteiger partial charge in [0.2, 0.25) is 0 Å². The molecule has 1 saturated heterocycles. The number of methoxy groups -OCH3 is 2. The van der Waals surface area contributed by atoms with Crippen molar-refractivity contribution in [1.82, 2.24) is 10.2 Å². The van der Waals surface area contributed by atoms with E-state index in [0.717, 1.165) is 10.0 Å². The molecular formula is C19H17BrN2O4. The molecule has 1 N–H and O–H groups in total. The SMILES string of the molecule is COc1cccc(/C=C2/NC(=O)N(Cc3ccc(Br)cc3)C2=O)c1OC. The number of imide groups is 1. The predicted octanol–water partition coefficient (Wildman–Crippen LogP) is 3.56. The van der Waals surface area contributed by atoms with Crippen LogP contribution in [0.25, 0.3) is 6.08 Å². The van der Waals surface area contributed by atoms with Crippen LogP contribution in [0.1, 0.15) is 11.1 Å². The molecule has 1 fully saturated rings. The summed E-state index contributed by atoms with van der Waals surface area (Å²) >= 11 is 3.36. The third-order valence-corrected chi connectivity index (χ3v) is 4.48. The maximum Gasteiger partial charge on any atom is 0.329 e. The number of hydrogen-bond donors (Lipinski definition) is 1. The Morgan fingerprint density at radius 1 is 1.08 bits per heavy atom. The molecule has 6 nitrogen and oxygen atoms in total. The smallest absolute Gasteiger partial charge is 0.329 e. The highest BCUT2D eigenvalue weighted by Gasteiger charge is 2.33. The van der Waals surface area contributed by atoms with Crippen LogP contribution in [0.5, 0.6) is 11.5 Å². The number of halogens is 1. The van der Waals surface area contributed by atoms with Gasteiger partial charge in [-0.3, -0.25) is 9.69 Å². The molecule has 0 spiro atoms. The summed E-state index contributed by atoms with van der Waals surface area (Å²) < 4.78 is 11.6. The molecule has 134 valence electrons. The van der Waals surface area contributed by atoms with E-state index in [9.17, 15) is 9.59 Å². The first-order valence-corrected chi connectivity index (χ1v) is 8.62. The fourth-order valence-electron chi connectivity index (χ4n) is 2.67. The fourth-order valence-corrected chi connectivity index (χ4v) is 2.93. The van der Waals surface area contributed by atoms with E-state index >= 15 is 0 Å². The number of para-hydroxylation sites is 1. The second-order valence-electron chi connectivity index (χ2n) is 5.59. The molecule has 0 saturated carbocycles. The van der Waals surface area contributed by atoms with Crippen LogP contribution in [0.3, 0.4) is 0 Å². The van der Waals surface area contributed by atoms with Gasteiger partial charge in [-0.15, -0.1) is 0 Å². The Labute approximate surface area is 159 Å². The molecule has 1 aliphatic heterocycles. The van der Waals surface area contributed by atoms with Crippen molar-refractivity contribution in [1.29, 1.82) is 0 Å². The highest BCUT2D eigenvalue weighted by atomic mass is 79.9. The molecule has 2 aromatic carbocycles. The third-order valence-electron chi connectivity index (χ3n) is 3.95. The Morgan fingerprint density at radius 3 is 2.46 bits per heavy atom. The molecular weight excluding hydrogens is 400 g/mol. The predicted molar refractivity (Wildman–Crippen MR) is 101 cm³/mol. The lowest BCUT2D eigenvalue weighted by molar-refractivity contribution is -0.123. The molecule has 0 aliphatic carbocycles. The summed E-state index contributed by atoms with van der Waals surface area (Å²) in [5.74, 6) is 0.657. The Balaban J connectivity index is 1.87. The molecule has 0 atom stereocenters. The van der Waals surface area contributed by atoms with Crippen molar-refractivity contribution < 1.29 is 19.1 Å². The largest absolute Gasteiger partial charge is 0.493 e. The summed E-state index contributed by atoms with van der Waals surface area (Å²) in [6.45, 7) is 0.199. The van der Waals surface area contributed by atoms with Crippen molar-refractivity contribution in [2.75, 3.05) is 14.2 Å². The third kappa shape index (κ3) is 3.57. The van der Waals surface area contributed by atoms with Crippen LogP contribution >= 0.6 is 15.9 Å². The normalized spacial score (nSPS) is 15.3. The molecule has 1 heterocycles. The van der Waals surface area contributed by atoms with Crippen molar-refractivity contribution >= 4 is 33.9 Å². The molecule has 3 amide bonds. The number of hydrogen-bond acceptors (Lipinski definition) is 4. The summed E-state index contributed by atoms with van der Waals surface area (Å²) in [6.07, 6.45) is 1.59. The number of rotatable bonds is 5. The average Bonchev–Trinajstić information content (AvgIpc) is 2.90. The van der Waals surface area contributed by atoms with E-state index in [1.165, 1.54) is 19.1 Å². The summed E-state index contributed by atoms with van der Waals surface area (Å²) in [5, 5.41) is 2.62. The highest BCUT2D eigenvalue weighted by molar-refractivity contribution is 9.10. The van der Waals surface area contributed by atoms with Gasteiger partial charge < -0.3 is 14.8 Å². The van der Waals surface area contributed by atoms with E-state index in [1.807, 2.05) is 24.3 Å². The zero-order chi connectivity index (χ0) is 18.7. The minimum Gasteiger partial charge on any atom is -0.493 e. The van der Waals surface area contributed by atoms with E-state index in [2.05, 4.69) is 21.2 Å². The first kappa shape index (κ1) is 18.0.